The normalized spacial score (nSPS) is 21.3. The van der Waals surface area contributed by atoms with Gasteiger partial charge in [0.2, 0.25) is 5.91 Å². The highest BCUT2D eigenvalue weighted by Gasteiger charge is 2.29. The molecule has 0 aromatic rings. The van der Waals surface area contributed by atoms with Crippen LogP contribution in [0.5, 0.6) is 0 Å². The van der Waals surface area contributed by atoms with Crippen molar-refractivity contribution in [2.45, 2.75) is 57.7 Å². The predicted molar refractivity (Wildman–Crippen MR) is 105 cm³/mol. The molecule has 0 aromatic heterocycles. The molecule has 6 nitrogen and oxygen atoms in total. The lowest BCUT2D eigenvalue weighted by molar-refractivity contribution is -0.125. The molecule has 1 unspecified atom stereocenters. The summed E-state index contributed by atoms with van der Waals surface area (Å²) in [6, 6.07) is -0.132. The van der Waals surface area contributed by atoms with Crippen molar-refractivity contribution in [2.75, 3.05) is 39.5 Å². The Morgan fingerprint density at radius 2 is 1.80 bits per heavy atom. The van der Waals surface area contributed by atoms with Gasteiger partial charge in [0, 0.05) is 38.9 Å². The van der Waals surface area contributed by atoms with E-state index in [4.69, 9.17) is 15.2 Å². The Bertz CT molecular complexity index is 361. The van der Waals surface area contributed by atoms with E-state index in [-0.39, 0.29) is 42.7 Å². The standard InChI is InChI=1S/C17H33N3O3.2ClH/c1-13(2)23-12-9-20-7-3-15(4-8-20)19-17(21)16(18)14-5-10-22-11-6-14;;/h13-16H,3-12,18H2,1-2H3,(H,19,21);2*1H. The van der Waals surface area contributed by atoms with E-state index in [0.29, 0.717) is 6.10 Å². The Morgan fingerprint density at radius 1 is 1.20 bits per heavy atom. The molecule has 3 N–H and O–H groups in total. The van der Waals surface area contributed by atoms with Crippen LogP contribution in [0.2, 0.25) is 0 Å². The Kier molecular flexibility index (Phi) is 13.1. The first-order valence-electron chi connectivity index (χ1n) is 9.04. The number of halogens is 2. The number of hydrogen-bond donors (Lipinski definition) is 2. The zero-order valence-corrected chi connectivity index (χ0v) is 17.1. The molecule has 8 heteroatoms. The molecule has 0 aromatic carbocycles. The smallest absolute Gasteiger partial charge is 0.237 e. The van der Waals surface area contributed by atoms with Crippen LogP contribution in [0.25, 0.3) is 0 Å². The number of piperidine rings is 1. The van der Waals surface area contributed by atoms with Crippen molar-refractivity contribution in [3.8, 4) is 0 Å². The third-order valence-corrected chi connectivity index (χ3v) is 4.87. The highest BCUT2D eigenvalue weighted by molar-refractivity contribution is 5.85. The summed E-state index contributed by atoms with van der Waals surface area (Å²) >= 11 is 0. The largest absolute Gasteiger partial charge is 0.381 e. The van der Waals surface area contributed by atoms with E-state index in [1.807, 2.05) is 0 Å². The molecular formula is C17H35Cl2N3O3. The number of nitrogens with zero attached hydrogens (tertiary/aromatic N) is 1. The van der Waals surface area contributed by atoms with Gasteiger partial charge in [-0.05, 0) is 45.4 Å². The number of amides is 1. The van der Waals surface area contributed by atoms with Crippen LogP contribution >= 0.6 is 24.8 Å². The van der Waals surface area contributed by atoms with Crippen molar-refractivity contribution in [1.82, 2.24) is 10.2 Å². The summed E-state index contributed by atoms with van der Waals surface area (Å²) in [5.41, 5.74) is 6.14. The van der Waals surface area contributed by atoms with Crippen LogP contribution in [-0.4, -0.2) is 68.4 Å². The predicted octanol–water partition coefficient (Wildman–Crippen LogP) is 1.59. The molecule has 0 bridgehead atoms. The van der Waals surface area contributed by atoms with E-state index >= 15 is 0 Å². The van der Waals surface area contributed by atoms with Crippen LogP contribution in [-0.2, 0) is 14.3 Å². The molecule has 0 saturated carbocycles. The first-order chi connectivity index (χ1) is 11.1. The van der Waals surface area contributed by atoms with Crippen molar-refractivity contribution >= 4 is 30.7 Å². The summed E-state index contributed by atoms with van der Waals surface area (Å²) in [7, 11) is 0. The lowest BCUT2D eigenvalue weighted by Crippen LogP contribution is -2.52. The maximum absolute atomic E-state index is 12.3. The first kappa shape index (κ1) is 24.9. The summed E-state index contributed by atoms with van der Waals surface area (Å²) in [5, 5.41) is 3.15. The van der Waals surface area contributed by atoms with Gasteiger partial charge >= 0.3 is 0 Å². The molecule has 2 heterocycles. The van der Waals surface area contributed by atoms with Gasteiger partial charge < -0.3 is 25.4 Å². The molecular weight excluding hydrogens is 365 g/mol. The number of likely N-dealkylation sites (tertiary alicyclic amines) is 1. The average molecular weight is 400 g/mol. The molecule has 0 aliphatic carbocycles. The molecule has 1 amide bonds. The molecule has 2 saturated heterocycles. The van der Waals surface area contributed by atoms with Crippen LogP contribution in [0.3, 0.4) is 0 Å². The summed E-state index contributed by atoms with van der Waals surface area (Å²) < 4.78 is 10.9. The highest BCUT2D eigenvalue weighted by Crippen LogP contribution is 2.18. The minimum atomic E-state index is -0.392. The minimum Gasteiger partial charge on any atom is -0.381 e. The van der Waals surface area contributed by atoms with Crippen molar-refractivity contribution in [3.05, 3.63) is 0 Å². The van der Waals surface area contributed by atoms with E-state index in [0.717, 1.165) is 65.1 Å². The third-order valence-electron chi connectivity index (χ3n) is 4.87. The number of hydrogen-bond acceptors (Lipinski definition) is 5. The second-order valence-corrected chi connectivity index (χ2v) is 7.02. The Labute approximate surface area is 164 Å². The van der Waals surface area contributed by atoms with Gasteiger partial charge in [0.05, 0.1) is 18.8 Å². The van der Waals surface area contributed by atoms with Crippen molar-refractivity contribution in [2.24, 2.45) is 11.7 Å². The Hall–Kier alpha value is -0.110. The van der Waals surface area contributed by atoms with Gasteiger partial charge in [-0.25, -0.2) is 0 Å². The number of rotatable bonds is 7. The number of ether oxygens (including phenoxy) is 2. The monoisotopic (exact) mass is 399 g/mol. The lowest BCUT2D eigenvalue weighted by atomic mass is 9.91. The topological polar surface area (TPSA) is 76.8 Å². The molecule has 2 fully saturated rings. The summed E-state index contributed by atoms with van der Waals surface area (Å²) in [4.78, 5) is 14.7. The number of carbonyl (C=O) groups is 1. The second-order valence-electron chi connectivity index (χ2n) is 7.02. The molecule has 2 aliphatic heterocycles. The van der Waals surface area contributed by atoms with Gasteiger partial charge in [-0.1, -0.05) is 0 Å². The van der Waals surface area contributed by atoms with Gasteiger partial charge in [-0.3, -0.25) is 4.79 Å². The van der Waals surface area contributed by atoms with E-state index in [2.05, 4.69) is 24.1 Å². The van der Waals surface area contributed by atoms with Crippen LogP contribution in [0.1, 0.15) is 39.5 Å². The number of carbonyl (C=O) groups excluding carboxylic acids is 1. The SMILES string of the molecule is CC(C)OCCN1CCC(NC(=O)C(N)C2CCOCC2)CC1.Cl.Cl. The molecule has 2 rings (SSSR count). The fraction of sp³-hybridized carbons (Fsp3) is 0.941. The van der Waals surface area contributed by atoms with E-state index in [1.54, 1.807) is 0 Å². The minimum absolute atomic E-state index is 0. The van der Waals surface area contributed by atoms with E-state index in [1.165, 1.54) is 0 Å². The molecule has 25 heavy (non-hydrogen) atoms. The van der Waals surface area contributed by atoms with E-state index in [9.17, 15) is 4.79 Å². The molecule has 2 aliphatic rings. The Balaban J connectivity index is 0.00000288. The first-order valence-corrected chi connectivity index (χ1v) is 9.04. The third kappa shape index (κ3) is 8.89. The highest BCUT2D eigenvalue weighted by atomic mass is 35.5. The number of nitrogens with one attached hydrogen (secondary N) is 1. The second kappa shape index (κ2) is 13.1. The van der Waals surface area contributed by atoms with Gasteiger partial charge in [0.25, 0.3) is 0 Å². The summed E-state index contributed by atoms with van der Waals surface area (Å²) in [6.45, 7) is 9.35. The molecule has 150 valence electrons. The van der Waals surface area contributed by atoms with Crippen molar-refractivity contribution < 1.29 is 14.3 Å². The van der Waals surface area contributed by atoms with E-state index < -0.39 is 6.04 Å². The maximum Gasteiger partial charge on any atom is 0.237 e. The fourth-order valence-corrected chi connectivity index (χ4v) is 3.30. The zero-order chi connectivity index (χ0) is 16.7. The molecule has 1 atom stereocenters. The zero-order valence-electron chi connectivity index (χ0n) is 15.4. The maximum atomic E-state index is 12.3. The fourth-order valence-electron chi connectivity index (χ4n) is 3.30. The van der Waals surface area contributed by atoms with Gasteiger partial charge in [-0.2, -0.15) is 0 Å². The molecule has 0 radical (unpaired) electrons. The van der Waals surface area contributed by atoms with Crippen LogP contribution in [0.4, 0.5) is 0 Å². The summed E-state index contributed by atoms with van der Waals surface area (Å²) in [5.74, 6) is 0.274. The van der Waals surface area contributed by atoms with Gasteiger partial charge in [0.15, 0.2) is 0 Å². The van der Waals surface area contributed by atoms with Gasteiger partial charge in [0.1, 0.15) is 0 Å². The van der Waals surface area contributed by atoms with Crippen molar-refractivity contribution in [3.63, 3.8) is 0 Å². The van der Waals surface area contributed by atoms with Crippen LogP contribution < -0.4 is 11.1 Å². The van der Waals surface area contributed by atoms with Crippen molar-refractivity contribution in [1.29, 1.82) is 0 Å². The molecule has 0 spiro atoms. The van der Waals surface area contributed by atoms with Crippen LogP contribution in [0.15, 0.2) is 0 Å². The quantitative estimate of drug-likeness (QED) is 0.679. The summed E-state index contributed by atoms with van der Waals surface area (Å²) in [6.07, 6.45) is 4.06. The van der Waals surface area contributed by atoms with Gasteiger partial charge in [-0.15, -0.1) is 24.8 Å². The average Bonchev–Trinajstić information content (AvgIpc) is 2.56. The van der Waals surface area contributed by atoms with Crippen LogP contribution in [0, 0.1) is 5.92 Å². The number of nitrogens with two attached hydrogens (primary N) is 1. The Morgan fingerprint density at radius 3 is 2.36 bits per heavy atom. The lowest BCUT2D eigenvalue weighted by Gasteiger charge is -2.34.